The molecule has 0 fully saturated rings. The summed E-state index contributed by atoms with van der Waals surface area (Å²) in [5.74, 6) is 1.07. The smallest absolute Gasteiger partial charge is 0.416 e. The van der Waals surface area contributed by atoms with Crippen molar-refractivity contribution in [2.45, 2.75) is 45.1 Å². The fraction of sp³-hybridized carbons (Fsp3) is 0.259. The van der Waals surface area contributed by atoms with Gasteiger partial charge in [0.05, 0.1) is 22.9 Å². The van der Waals surface area contributed by atoms with Gasteiger partial charge in [-0.2, -0.15) is 13.2 Å². The topological polar surface area (TPSA) is 68.4 Å². The van der Waals surface area contributed by atoms with Crippen LogP contribution in [0.2, 0.25) is 0 Å². The second-order valence-corrected chi connectivity index (χ2v) is 9.10. The highest BCUT2D eigenvalue weighted by Gasteiger charge is 2.29. The Hall–Kier alpha value is -3.43. The highest BCUT2D eigenvalue weighted by atomic mass is 32.1. The summed E-state index contributed by atoms with van der Waals surface area (Å²) in [5.41, 5.74) is 2.50. The zero-order valence-corrected chi connectivity index (χ0v) is 20.2. The molecule has 0 spiro atoms. The Morgan fingerprint density at radius 3 is 2.36 bits per heavy atom. The van der Waals surface area contributed by atoms with Crippen LogP contribution in [0, 0.1) is 0 Å². The highest BCUT2D eigenvalue weighted by molar-refractivity contribution is 7.09. The zero-order valence-electron chi connectivity index (χ0n) is 19.4. The lowest BCUT2D eigenvalue weighted by Crippen LogP contribution is -2.03. The summed E-state index contributed by atoms with van der Waals surface area (Å²) < 4.78 is 49.1. The molecule has 5 nitrogen and oxygen atoms in total. The van der Waals surface area contributed by atoms with Crippen LogP contribution in [0.3, 0.4) is 0 Å². The number of benzene rings is 2. The number of thiazole rings is 1. The third-order valence-electron chi connectivity index (χ3n) is 5.40. The first kappa shape index (κ1) is 25.7. The van der Waals surface area contributed by atoms with E-state index >= 15 is 0 Å². The molecule has 0 saturated carbocycles. The van der Waals surface area contributed by atoms with Crippen molar-refractivity contribution in [2.24, 2.45) is 0 Å². The Bertz CT molecular complexity index is 1260. The molecule has 0 aliphatic carbocycles. The number of aromatic nitrogens is 2. The van der Waals surface area contributed by atoms with E-state index < -0.39 is 11.7 Å². The minimum Gasteiger partial charge on any atom is -0.487 e. The lowest BCUT2D eigenvalue weighted by molar-refractivity contribution is -0.137. The van der Waals surface area contributed by atoms with E-state index in [1.165, 1.54) is 24.0 Å². The number of ether oxygens (including phenoxy) is 1. The lowest BCUT2D eigenvalue weighted by Gasteiger charge is -2.06. The quantitative estimate of drug-likeness (QED) is 0.219. The average Bonchev–Trinajstić information content (AvgIpc) is 3.54. The summed E-state index contributed by atoms with van der Waals surface area (Å²) in [6, 6.07) is 12.8. The molecule has 4 aromatic rings. The number of oxazole rings is 1. The summed E-state index contributed by atoms with van der Waals surface area (Å²) in [7, 11) is 0. The average molecular weight is 515 g/mol. The molecule has 0 saturated heterocycles. The van der Waals surface area contributed by atoms with Gasteiger partial charge in [-0.05, 0) is 67.2 Å². The van der Waals surface area contributed by atoms with Crippen molar-refractivity contribution >= 4 is 23.5 Å². The zero-order chi connectivity index (χ0) is 25.4. The molecular weight excluding hydrogens is 489 g/mol. The van der Waals surface area contributed by atoms with E-state index in [2.05, 4.69) is 9.97 Å². The van der Waals surface area contributed by atoms with Gasteiger partial charge in [-0.15, -0.1) is 11.3 Å². The van der Waals surface area contributed by atoms with E-state index in [1.807, 2.05) is 29.6 Å². The number of unbranched alkanes of at least 4 members (excludes halogenated alkanes) is 1. The van der Waals surface area contributed by atoms with E-state index in [4.69, 9.17) is 14.3 Å². The van der Waals surface area contributed by atoms with Crippen molar-refractivity contribution in [2.75, 3.05) is 0 Å². The van der Waals surface area contributed by atoms with Crippen molar-refractivity contribution < 1.29 is 27.4 Å². The molecule has 188 valence electrons. The van der Waals surface area contributed by atoms with E-state index in [0.29, 0.717) is 17.1 Å². The first-order chi connectivity index (χ1) is 17.4. The number of rotatable bonds is 11. The number of nitrogens with zero attached hydrogens (tertiary/aromatic N) is 2. The van der Waals surface area contributed by atoms with Gasteiger partial charge in [0.25, 0.3) is 0 Å². The molecule has 0 bridgehead atoms. The highest BCUT2D eigenvalue weighted by Crippen LogP contribution is 2.29. The summed E-state index contributed by atoms with van der Waals surface area (Å²) in [5, 5.41) is 12.0. The van der Waals surface area contributed by atoms with Crippen molar-refractivity contribution in [3.8, 4) is 5.75 Å². The van der Waals surface area contributed by atoms with Crippen molar-refractivity contribution in [1.82, 2.24) is 9.97 Å². The Morgan fingerprint density at radius 1 is 0.917 bits per heavy atom. The Kier molecular flexibility index (Phi) is 8.56. The lowest BCUT2D eigenvalue weighted by atomic mass is 10.1. The van der Waals surface area contributed by atoms with Crippen LogP contribution in [0.5, 0.6) is 5.75 Å². The number of hydrogen-bond acceptors (Lipinski definition) is 6. The Balaban J connectivity index is 1.19. The molecule has 1 N–H and O–H groups in total. The first-order valence-electron chi connectivity index (χ1n) is 11.4. The molecule has 0 atom stereocenters. The molecule has 36 heavy (non-hydrogen) atoms. The van der Waals surface area contributed by atoms with Crippen LogP contribution in [0.1, 0.15) is 51.8 Å². The van der Waals surface area contributed by atoms with E-state index in [0.717, 1.165) is 54.3 Å². The standard InChI is InChI=1S/C27H25F3N2O3S/c28-27(29,30)21-10-5-20(6-11-21)9-14-25-31-23(17-35-25)16-34-24-12-7-19(8-13-24)3-1-2-4-26-32-22(15-33)18-36-26/h5-14,17-18,33H,1-4,15-16H2/b14-9+. The van der Waals surface area contributed by atoms with E-state index in [1.54, 1.807) is 23.5 Å². The SMILES string of the molecule is OCc1csc(CCCCc2ccc(OCc3coc(/C=C/c4ccc(C(F)(F)F)cc4)n3)cc2)n1. The van der Waals surface area contributed by atoms with Crippen LogP contribution in [-0.4, -0.2) is 15.1 Å². The van der Waals surface area contributed by atoms with Crippen LogP contribution >= 0.6 is 11.3 Å². The fourth-order valence-corrected chi connectivity index (χ4v) is 4.30. The molecule has 2 aromatic carbocycles. The number of hydrogen-bond donors (Lipinski definition) is 1. The minimum absolute atomic E-state index is 0.00826. The summed E-state index contributed by atoms with van der Waals surface area (Å²) in [6.45, 7) is 0.228. The maximum absolute atomic E-state index is 12.7. The fourth-order valence-electron chi connectivity index (χ4n) is 3.47. The molecule has 4 rings (SSSR count). The van der Waals surface area contributed by atoms with Gasteiger partial charge in [-0.3, -0.25) is 0 Å². The second kappa shape index (κ2) is 12.0. The normalized spacial score (nSPS) is 11.9. The molecule has 0 radical (unpaired) electrons. The molecule has 2 aromatic heterocycles. The summed E-state index contributed by atoms with van der Waals surface area (Å²) in [6.07, 6.45) is 4.36. The molecule has 9 heteroatoms. The molecule has 0 aliphatic heterocycles. The number of halogens is 3. The van der Waals surface area contributed by atoms with E-state index in [9.17, 15) is 13.2 Å². The van der Waals surface area contributed by atoms with Gasteiger partial charge < -0.3 is 14.3 Å². The maximum Gasteiger partial charge on any atom is 0.416 e. The van der Waals surface area contributed by atoms with Gasteiger partial charge in [0.2, 0.25) is 5.89 Å². The Labute approximate surface area is 210 Å². The van der Waals surface area contributed by atoms with Gasteiger partial charge in [-0.25, -0.2) is 9.97 Å². The van der Waals surface area contributed by atoms with Crippen molar-refractivity contribution in [3.63, 3.8) is 0 Å². The Morgan fingerprint density at radius 2 is 1.67 bits per heavy atom. The largest absolute Gasteiger partial charge is 0.487 e. The summed E-state index contributed by atoms with van der Waals surface area (Å²) in [4.78, 5) is 8.69. The van der Waals surface area contributed by atoms with Gasteiger partial charge >= 0.3 is 6.18 Å². The van der Waals surface area contributed by atoms with Gasteiger partial charge in [0.1, 0.15) is 24.3 Å². The monoisotopic (exact) mass is 514 g/mol. The summed E-state index contributed by atoms with van der Waals surface area (Å²) >= 11 is 1.59. The van der Waals surface area contributed by atoms with Gasteiger partial charge in [-0.1, -0.05) is 24.3 Å². The van der Waals surface area contributed by atoms with E-state index in [-0.39, 0.29) is 13.2 Å². The number of alkyl halides is 3. The molecule has 0 amide bonds. The van der Waals surface area contributed by atoms with Crippen molar-refractivity contribution in [3.05, 3.63) is 99.2 Å². The predicted octanol–water partition coefficient (Wildman–Crippen LogP) is 6.96. The van der Waals surface area contributed by atoms with Crippen LogP contribution in [0.15, 0.2) is 64.6 Å². The van der Waals surface area contributed by atoms with Crippen LogP contribution < -0.4 is 4.74 Å². The second-order valence-electron chi connectivity index (χ2n) is 8.16. The molecule has 0 aliphatic rings. The number of aliphatic hydroxyl groups excluding tert-OH is 1. The minimum atomic E-state index is -4.35. The van der Waals surface area contributed by atoms with Crippen LogP contribution in [-0.2, 0) is 32.2 Å². The maximum atomic E-state index is 12.7. The van der Waals surface area contributed by atoms with Crippen molar-refractivity contribution in [1.29, 1.82) is 0 Å². The molecule has 2 heterocycles. The first-order valence-corrected chi connectivity index (χ1v) is 12.3. The van der Waals surface area contributed by atoms with Crippen LogP contribution in [0.4, 0.5) is 13.2 Å². The third-order valence-corrected chi connectivity index (χ3v) is 6.36. The van der Waals surface area contributed by atoms with Gasteiger partial charge in [0.15, 0.2) is 0 Å². The third kappa shape index (κ3) is 7.53. The van der Waals surface area contributed by atoms with Crippen LogP contribution in [0.25, 0.3) is 12.2 Å². The van der Waals surface area contributed by atoms with Gasteiger partial charge in [0, 0.05) is 11.5 Å². The number of aryl methyl sites for hydroxylation is 2. The predicted molar refractivity (Wildman–Crippen MR) is 132 cm³/mol. The number of aliphatic hydroxyl groups is 1. The molecular formula is C27H25F3N2O3S. The molecule has 0 unspecified atom stereocenters.